The Morgan fingerprint density at radius 3 is 3.00 bits per heavy atom. The number of amides is 1. The third-order valence-corrected chi connectivity index (χ3v) is 5.57. The maximum Gasteiger partial charge on any atom is 0.273 e. The molecule has 0 N–H and O–H groups in total. The van der Waals surface area contributed by atoms with Crippen molar-refractivity contribution in [1.82, 2.24) is 9.88 Å². The van der Waals surface area contributed by atoms with Crippen molar-refractivity contribution in [2.75, 3.05) is 26.3 Å². The van der Waals surface area contributed by atoms with E-state index in [1.54, 1.807) is 0 Å². The van der Waals surface area contributed by atoms with Crippen molar-refractivity contribution < 1.29 is 14.3 Å². The van der Waals surface area contributed by atoms with Gasteiger partial charge in [0.25, 0.3) is 5.91 Å². The van der Waals surface area contributed by atoms with E-state index in [1.807, 2.05) is 17.2 Å². The van der Waals surface area contributed by atoms with E-state index in [0.29, 0.717) is 24.9 Å². The topological polar surface area (TPSA) is 51.7 Å². The van der Waals surface area contributed by atoms with Crippen LogP contribution in [0.4, 0.5) is 0 Å². The summed E-state index contributed by atoms with van der Waals surface area (Å²) < 4.78 is 12.0. The molecule has 120 valence electrons. The molecule has 1 aliphatic carbocycles. The third-order valence-electron chi connectivity index (χ3n) is 4.80. The third kappa shape index (κ3) is 2.92. The largest absolute Gasteiger partial charge is 0.378 e. The summed E-state index contributed by atoms with van der Waals surface area (Å²) >= 11 is 1.52. The number of rotatable bonds is 4. The number of carbonyl (C=O) groups is 1. The van der Waals surface area contributed by atoms with E-state index in [0.717, 1.165) is 37.0 Å². The Bertz CT molecular complexity index is 563. The minimum absolute atomic E-state index is 0.0274. The smallest absolute Gasteiger partial charge is 0.273 e. The van der Waals surface area contributed by atoms with Gasteiger partial charge in [-0.2, -0.15) is 0 Å². The fourth-order valence-electron chi connectivity index (χ4n) is 3.32. The van der Waals surface area contributed by atoms with Crippen LogP contribution in [0.25, 0.3) is 0 Å². The lowest BCUT2D eigenvalue weighted by Crippen LogP contribution is -2.67. The minimum atomic E-state index is -0.173. The Kier molecular flexibility index (Phi) is 3.71. The minimum Gasteiger partial charge on any atom is -0.378 e. The van der Waals surface area contributed by atoms with Crippen LogP contribution in [0.5, 0.6) is 0 Å². The van der Waals surface area contributed by atoms with Crippen molar-refractivity contribution in [1.29, 1.82) is 0 Å². The molecule has 1 atom stereocenters. The Balaban J connectivity index is 1.31. The molecular weight excluding hydrogens is 300 g/mol. The molecule has 0 aromatic carbocycles. The zero-order chi connectivity index (χ0) is 15.2. The number of nitrogens with zero attached hydrogens (tertiary/aromatic N) is 2. The summed E-state index contributed by atoms with van der Waals surface area (Å²) in [5, 5.41) is 2.77. The molecule has 1 spiro atoms. The quantitative estimate of drug-likeness (QED) is 0.853. The number of carbonyl (C=O) groups excluding carboxylic acids is 1. The zero-order valence-corrected chi connectivity index (χ0v) is 13.7. The van der Waals surface area contributed by atoms with Crippen molar-refractivity contribution in [2.45, 2.75) is 44.3 Å². The summed E-state index contributed by atoms with van der Waals surface area (Å²) in [6.07, 6.45) is 4.84. The molecule has 22 heavy (non-hydrogen) atoms. The Hall–Kier alpha value is -0.980. The number of aryl methyl sites for hydroxylation is 1. The van der Waals surface area contributed by atoms with Crippen LogP contribution >= 0.6 is 11.3 Å². The van der Waals surface area contributed by atoms with Gasteiger partial charge in [-0.25, -0.2) is 4.98 Å². The van der Waals surface area contributed by atoms with Gasteiger partial charge in [0, 0.05) is 25.0 Å². The molecule has 4 rings (SSSR count). The van der Waals surface area contributed by atoms with Crippen molar-refractivity contribution in [2.24, 2.45) is 5.92 Å². The van der Waals surface area contributed by atoms with Gasteiger partial charge in [-0.1, -0.05) is 0 Å². The van der Waals surface area contributed by atoms with Gasteiger partial charge in [-0.15, -0.1) is 11.3 Å². The van der Waals surface area contributed by atoms with Gasteiger partial charge in [-0.3, -0.25) is 4.79 Å². The van der Waals surface area contributed by atoms with Crippen molar-refractivity contribution in [3.05, 3.63) is 16.1 Å². The van der Waals surface area contributed by atoms with Crippen LogP contribution in [0.2, 0.25) is 0 Å². The maximum atomic E-state index is 12.4. The number of hydrogen-bond acceptors (Lipinski definition) is 5. The molecule has 1 aromatic rings. The second-order valence-corrected chi connectivity index (χ2v) is 7.90. The molecular formula is C16H22N2O3S. The van der Waals surface area contributed by atoms with Gasteiger partial charge in [0.05, 0.1) is 24.2 Å². The highest BCUT2D eigenvalue weighted by Gasteiger charge is 2.50. The van der Waals surface area contributed by atoms with Crippen LogP contribution in [-0.2, 0) is 9.47 Å². The Labute approximate surface area is 134 Å². The van der Waals surface area contributed by atoms with Gasteiger partial charge in [0.1, 0.15) is 11.3 Å². The average Bonchev–Trinajstić information content (AvgIpc) is 3.22. The second kappa shape index (κ2) is 5.58. The molecule has 2 saturated heterocycles. The number of ether oxygens (including phenoxy) is 2. The van der Waals surface area contributed by atoms with Crippen LogP contribution in [0.3, 0.4) is 0 Å². The van der Waals surface area contributed by atoms with E-state index in [9.17, 15) is 4.79 Å². The van der Waals surface area contributed by atoms with Crippen LogP contribution in [0.15, 0.2) is 5.38 Å². The highest BCUT2D eigenvalue weighted by Crippen LogP contribution is 2.37. The predicted molar refractivity (Wildman–Crippen MR) is 83.1 cm³/mol. The number of likely N-dealkylation sites (tertiary alicyclic amines) is 1. The summed E-state index contributed by atoms with van der Waals surface area (Å²) in [6, 6.07) is 0. The number of hydrogen-bond donors (Lipinski definition) is 0. The summed E-state index contributed by atoms with van der Waals surface area (Å²) in [6.45, 7) is 4.91. The monoisotopic (exact) mass is 322 g/mol. The summed E-state index contributed by atoms with van der Waals surface area (Å²) in [7, 11) is 0. The molecule has 0 radical (unpaired) electrons. The van der Waals surface area contributed by atoms with Gasteiger partial charge >= 0.3 is 0 Å². The van der Waals surface area contributed by atoms with Gasteiger partial charge in [0.2, 0.25) is 0 Å². The first-order valence-corrected chi connectivity index (χ1v) is 8.98. The van der Waals surface area contributed by atoms with Crippen LogP contribution < -0.4 is 0 Å². The van der Waals surface area contributed by atoms with E-state index < -0.39 is 0 Å². The highest BCUT2D eigenvalue weighted by atomic mass is 32.1. The standard InChI is InChI=1S/C16H22N2O3S/c1-11-17-14(8-22-11)15(19)18-9-16(10-18)6-13(4-5-21-16)20-7-12-2-3-12/h8,12-13H,2-7,9-10H2,1H3. The molecule has 0 bridgehead atoms. The zero-order valence-electron chi connectivity index (χ0n) is 12.9. The fourth-order valence-corrected chi connectivity index (χ4v) is 3.91. The SMILES string of the molecule is Cc1nc(C(=O)N2CC3(CC(OCC4CC4)CCO3)C2)cs1. The molecule has 1 unspecified atom stereocenters. The van der Waals surface area contributed by atoms with Gasteiger partial charge in [-0.05, 0) is 32.1 Å². The van der Waals surface area contributed by atoms with Crippen molar-refractivity contribution >= 4 is 17.2 Å². The average molecular weight is 322 g/mol. The molecule has 1 aromatic heterocycles. The second-order valence-electron chi connectivity index (χ2n) is 6.84. The first kappa shape index (κ1) is 14.6. The molecule has 1 saturated carbocycles. The van der Waals surface area contributed by atoms with Crippen LogP contribution in [-0.4, -0.2) is 53.8 Å². The first-order valence-electron chi connectivity index (χ1n) is 8.10. The highest BCUT2D eigenvalue weighted by molar-refractivity contribution is 7.09. The lowest BCUT2D eigenvalue weighted by molar-refractivity contribution is -0.186. The maximum absolute atomic E-state index is 12.4. The van der Waals surface area contributed by atoms with Crippen LogP contribution in [0, 0.1) is 12.8 Å². The van der Waals surface area contributed by atoms with Crippen molar-refractivity contribution in [3.63, 3.8) is 0 Å². The lowest BCUT2D eigenvalue weighted by atomic mass is 9.84. The van der Waals surface area contributed by atoms with E-state index in [-0.39, 0.29) is 11.5 Å². The molecule has 1 amide bonds. The molecule has 3 fully saturated rings. The molecule has 2 aliphatic heterocycles. The lowest BCUT2D eigenvalue weighted by Gasteiger charge is -2.52. The van der Waals surface area contributed by atoms with E-state index in [2.05, 4.69) is 4.98 Å². The fraction of sp³-hybridized carbons (Fsp3) is 0.750. The predicted octanol–water partition coefficient (Wildman–Crippen LogP) is 2.25. The van der Waals surface area contributed by atoms with E-state index in [1.165, 1.54) is 24.2 Å². The number of thiazole rings is 1. The van der Waals surface area contributed by atoms with E-state index >= 15 is 0 Å². The van der Waals surface area contributed by atoms with Crippen molar-refractivity contribution in [3.8, 4) is 0 Å². The molecule has 5 nitrogen and oxygen atoms in total. The molecule has 6 heteroatoms. The van der Waals surface area contributed by atoms with Gasteiger partial charge < -0.3 is 14.4 Å². The summed E-state index contributed by atoms with van der Waals surface area (Å²) in [4.78, 5) is 18.5. The molecule has 3 heterocycles. The van der Waals surface area contributed by atoms with E-state index in [4.69, 9.17) is 9.47 Å². The summed E-state index contributed by atoms with van der Waals surface area (Å²) in [5.41, 5.74) is 0.391. The van der Waals surface area contributed by atoms with Gasteiger partial charge in [0.15, 0.2) is 0 Å². The number of aromatic nitrogens is 1. The first-order chi connectivity index (χ1) is 10.6. The Morgan fingerprint density at radius 1 is 1.50 bits per heavy atom. The molecule has 3 aliphatic rings. The van der Waals surface area contributed by atoms with Crippen LogP contribution in [0.1, 0.15) is 41.2 Å². The summed E-state index contributed by atoms with van der Waals surface area (Å²) in [5.74, 6) is 0.825. The Morgan fingerprint density at radius 2 is 2.32 bits per heavy atom. The normalized spacial score (nSPS) is 27.0.